The van der Waals surface area contributed by atoms with Crippen LogP contribution in [0.1, 0.15) is 5.56 Å². The zero-order chi connectivity index (χ0) is 15.1. The van der Waals surface area contributed by atoms with Gasteiger partial charge in [-0.2, -0.15) is 13.2 Å². The maximum atomic E-state index is 13.3. The van der Waals surface area contributed by atoms with E-state index in [1.165, 1.54) is 0 Å². The van der Waals surface area contributed by atoms with Crippen LogP contribution in [0.2, 0.25) is 0 Å². The van der Waals surface area contributed by atoms with Crippen LogP contribution < -0.4 is 0 Å². The van der Waals surface area contributed by atoms with E-state index >= 15 is 0 Å². The highest BCUT2D eigenvalue weighted by Crippen LogP contribution is 2.47. The Labute approximate surface area is 121 Å². The lowest BCUT2D eigenvalue weighted by Crippen LogP contribution is -2.69. The lowest BCUT2D eigenvalue weighted by molar-refractivity contribution is -0.336. The summed E-state index contributed by atoms with van der Waals surface area (Å²) in [5.74, 6) is -1.84. The van der Waals surface area contributed by atoms with Gasteiger partial charge in [-0.15, -0.1) is 0 Å². The summed E-state index contributed by atoms with van der Waals surface area (Å²) in [5, 5.41) is 10.2. The lowest BCUT2D eigenvalue weighted by atomic mass is 9.71. The van der Waals surface area contributed by atoms with Crippen molar-refractivity contribution in [2.75, 3.05) is 26.3 Å². The Balaban J connectivity index is 1.78. The molecule has 0 amide bonds. The smallest absolute Gasteiger partial charge is 0.381 e. The van der Waals surface area contributed by atoms with E-state index in [4.69, 9.17) is 4.74 Å². The van der Waals surface area contributed by atoms with E-state index in [0.29, 0.717) is 6.54 Å². The number of halogens is 3. The van der Waals surface area contributed by atoms with Gasteiger partial charge in [-0.1, -0.05) is 30.3 Å². The van der Waals surface area contributed by atoms with Gasteiger partial charge in [0.1, 0.15) is 0 Å². The second-order valence-corrected chi connectivity index (χ2v) is 5.93. The highest BCUT2D eigenvalue weighted by Gasteiger charge is 2.66. The highest BCUT2D eigenvalue weighted by molar-refractivity contribution is 5.15. The van der Waals surface area contributed by atoms with E-state index in [2.05, 4.69) is 0 Å². The van der Waals surface area contributed by atoms with Crippen LogP contribution in [-0.2, 0) is 11.3 Å². The van der Waals surface area contributed by atoms with Gasteiger partial charge in [0.2, 0.25) is 0 Å². The summed E-state index contributed by atoms with van der Waals surface area (Å²) in [7, 11) is 0. The van der Waals surface area contributed by atoms with E-state index in [0.717, 1.165) is 5.56 Å². The van der Waals surface area contributed by atoms with Crippen molar-refractivity contribution in [2.45, 2.75) is 18.3 Å². The van der Waals surface area contributed by atoms with Crippen molar-refractivity contribution in [3.8, 4) is 0 Å². The van der Waals surface area contributed by atoms with Crippen molar-refractivity contribution in [2.24, 2.45) is 11.8 Å². The molecule has 2 bridgehead atoms. The molecule has 1 aromatic rings. The molecule has 1 N–H and O–H groups in total. The van der Waals surface area contributed by atoms with E-state index < -0.39 is 23.6 Å². The third kappa shape index (κ3) is 2.56. The van der Waals surface area contributed by atoms with E-state index in [9.17, 15) is 18.3 Å². The third-order valence-electron chi connectivity index (χ3n) is 4.54. The first-order chi connectivity index (χ1) is 9.91. The lowest BCUT2D eigenvalue weighted by Gasteiger charge is -2.52. The van der Waals surface area contributed by atoms with E-state index in [1.807, 2.05) is 35.2 Å². The van der Waals surface area contributed by atoms with Gasteiger partial charge >= 0.3 is 6.18 Å². The molecule has 2 saturated heterocycles. The molecule has 2 aliphatic rings. The van der Waals surface area contributed by atoms with Gasteiger partial charge in [0.25, 0.3) is 0 Å². The minimum absolute atomic E-state index is 0.0438. The number of benzene rings is 1. The van der Waals surface area contributed by atoms with Crippen LogP contribution in [0.4, 0.5) is 13.2 Å². The van der Waals surface area contributed by atoms with Crippen molar-refractivity contribution < 1.29 is 23.0 Å². The zero-order valence-electron chi connectivity index (χ0n) is 11.5. The van der Waals surface area contributed by atoms with Gasteiger partial charge in [-0.3, -0.25) is 4.90 Å². The quantitative estimate of drug-likeness (QED) is 0.907. The molecule has 0 aromatic heterocycles. The molecule has 0 aliphatic carbocycles. The predicted octanol–water partition coefficient (Wildman–Crippen LogP) is 2.06. The van der Waals surface area contributed by atoms with Crippen molar-refractivity contribution in [1.82, 2.24) is 4.90 Å². The average Bonchev–Trinajstić information content (AvgIpc) is 2.40. The molecule has 3 rings (SSSR count). The SMILES string of the molecule is OC1(C(F)(F)F)[C@H]2COC[C@H]1CN(Cc1ccccc1)C2. The molecule has 2 heterocycles. The van der Waals surface area contributed by atoms with Crippen LogP contribution in [0.5, 0.6) is 0 Å². The summed E-state index contributed by atoms with van der Waals surface area (Å²) in [4.78, 5) is 1.98. The molecule has 2 atom stereocenters. The minimum atomic E-state index is -4.61. The number of fused-ring (bicyclic) bond motifs is 2. The molecular weight excluding hydrogens is 283 g/mol. The standard InChI is InChI=1S/C15H18F3NO2/c16-15(17,18)14(20)12-7-19(8-13(14)10-21-9-12)6-11-4-2-1-3-5-11/h1-5,12-13,20H,6-10H2/t12-,13-/m1/s1. The molecule has 3 nitrogen and oxygen atoms in total. The zero-order valence-corrected chi connectivity index (χ0v) is 11.5. The Morgan fingerprint density at radius 3 is 2.24 bits per heavy atom. The van der Waals surface area contributed by atoms with Crippen molar-refractivity contribution >= 4 is 0 Å². The minimum Gasteiger partial charge on any atom is -0.381 e. The Morgan fingerprint density at radius 2 is 1.71 bits per heavy atom. The van der Waals surface area contributed by atoms with Crippen LogP contribution >= 0.6 is 0 Å². The van der Waals surface area contributed by atoms with Crippen molar-refractivity contribution in [3.63, 3.8) is 0 Å². The Bertz CT molecular complexity index is 477. The first kappa shape index (κ1) is 14.8. The fraction of sp³-hybridized carbons (Fsp3) is 0.600. The van der Waals surface area contributed by atoms with Gasteiger partial charge in [0.15, 0.2) is 5.60 Å². The molecule has 1 aromatic carbocycles. The molecule has 0 unspecified atom stereocenters. The molecule has 116 valence electrons. The number of hydrogen-bond donors (Lipinski definition) is 1. The maximum Gasteiger partial charge on any atom is 0.418 e. The van der Waals surface area contributed by atoms with E-state index in [-0.39, 0.29) is 26.3 Å². The molecule has 0 saturated carbocycles. The monoisotopic (exact) mass is 301 g/mol. The fourth-order valence-corrected chi connectivity index (χ4v) is 3.46. The first-order valence-electron chi connectivity index (χ1n) is 7.04. The molecule has 0 spiro atoms. The van der Waals surface area contributed by atoms with Crippen LogP contribution in [-0.4, -0.2) is 48.1 Å². The summed E-state index contributed by atoms with van der Waals surface area (Å²) >= 11 is 0. The molecule has 21 heavy (non-hydrogen) atoms. The Kier molecular flexibility index (Phi) is 3.71. The topological polar surface area (TPSA) is 32.7 Å². The third-order valence-corrected chi connectivity index (χ3v) is 4.54. The van der Waals surface area contributed by atoms with E-state index in [1.54, 1.807) is 0 Å². The van der Waals surface area contributed by atoms with Crippen molar-refractivity contribution in [1.29, 1.82) is 0 Å². The highest BCUT2D eigenvalue weighted by atomic mass is 19.4. The van der Waals surface area contributed by atoms with Crippen molar-refractivity contribution in [3.05, 3.63) is 35.9 Å². The summed E-state index contributed by atoms with van der Waals surface area (Å²) in [6.45, 7) is 0.903. The van der Waals surface area contributed by atoms with Gasteiger partial charge in [-0.05, 0) is 5.56 Å². The van der Waals surface area contributed by atoms with Gasteiger partial charge in [0.05, 0.1) is 13.2 Å². The Morgan fingerprint density at radius 1 is 1.14 bits per heavy atom. The first-order valence-corrected chi connectivity index (χ1v) is 7.04. The number of ether oxygens (including phenoxy) is 1. The van der Waals surface area contributed by atoms with Gasteiger partial charge in [-0.25, -0.2) is 0 Å². The second kappa shape index (κ2) is 5.26. The van der Waals surface area contributed by atoms with Crippen LogP contribution in [0.3, 0.4) is 0 Å². The molecule has 0 radical (unpaired) electrons. The number of hydrogen-bond acceptors (Lipinski definition) is 3. The maximum absolute atomic E-state index is 13.3. The number of aliphatic hydroxyl groups is 1. The van der Waals surface area contributed by atoms with Crippen LogP contribution in [0.25, 0.3) is 0 Å². The molecule has 2 fully saturated rings. The Hall–Kier alpha value is -1.11. The normalized spacial score (nSPS) is 33.9. The number of nitrogens with zero attached hydrogens (tertiary/aromatic N) is 1. The molecular formula is C15H18F3NO2. The predicted molar refractivity (Wildman–Crippen MR) is 70.5 cm³/mol. The summed E-state index contributed by atoms with van der Waals surface area (Å²) in [6, 6.07) is 9.64. The summed E-state index contributed by atoms with van der Waals surface area (Å²) in [5.41, 5.74) is -1.55. The molecule has 6 heteroatoms. The fourth-order valence-electron chi connectivity index (χ4n) is 3.46. The molecule has 2 aliphatic heterocycles. The van der Waals surface area contributed by atoms with Crippen LogP contribution in [0.15, 0.2) is 30.3 Å². The average molecular weight is 301 g/mol. The van der Waals surface area contributed by atoms with Gasteiger partial charge < -0.3 is 9.84 Å². The number of likely N-dealkylation sites (tertiary alicyclic amines) is 1. The largest absolute Gasteiger partial charge is 0.418 e. The van der Waals surface area contributed by atoms with Crippen LogP contribution in [0, 0.1) is 11.8 Å². The number of alkyl halides is 3. The second-order valence-electron chi connectivity index (χ2n) is 5.93. The number of rotatable bonds is 2. The summed E-state index contributed by atoms with van der Waals surface area (Å²) < 4.78 is 45.1. The summed E-state index contributed by atoms with van der Waals surface area (Å²) in [6.07, 6.45) is -4.61. The van der Waals surface area contributed by atoms with Gasteiger partial charge in [0, 0.05) is 31.5 Å². The number of piperidine rings is 1.